The van der Waals surface area contributed by atoms with Crippen LogP contribution in [-0.4, -0.2) is 56.3 Å². The first-order chi connectivity index (χ1) is 8.93. The number of rotatable bonds is 7. The van der Waals surface area contributed by atoms with E-state index in [9.17, 15) is 8.42 Å². The molecule has 1 unspecified atom stereocenters. The van der Waals surface area contributed by atoms with Gasteiger partial charge in [-0.15, -0.1) is 0 Å². The summed E-state index contributed by atoms with van der Waals surface area (Å²) in [5.41, 5.74) is 0.868. The van der Waals surface area contributed by atoms with Crippen molar-refractivity contribution in [3.05, 3.63) is 12.2 Å². The lowest BCUT2D eigenvalue weighted by molar-refractivity contribution is 0.231. The molecule has 0 aliphatic carbocycles. The van der Waals surface area contributed by atoms with Gasteiger partial charge in [0.25, 0.3) is 10.2 Å². The number of likely N-dealkylation sites (N-methyl/N-ethyl adjacent to an activating group) is 2. The Hall–Kier alpha value is -0.430. The Morgan fingerprint density at radius 2 is 2.16 bits per heavy atom. The summed E-state index contributed by atoms with van der Waals surface area (Å²) in [5, 5.41) is 3.10. The quantitative estimate of drug-likeness (QED) is 0.717. The van der Waals surface area contributed by atoms with Crippen LogP contribution in [0.2, 0.25) is 0 Å². The van der Waals surface area contributed by atoms with Gasteiger partial charge in [0.15, 0.2) is 0 Å². The van der Waals surface area contributed by atoms with Crippen LogP contribution in [0.25, 0.3) is 0 Å². The molecule has 1 aliphatic heterocycles. The maximum Gasteiger partial charge on any atom is 0.282 e. The highest BCUT2D eigenvalue weighted by Crippen LogP contribution is 2.22. The van der Waals surface area contributed by atoms with Crippen molar-refractivity contribution in [1.29, 1.82) is 0 Å². The molecule has 0 saturated carbocycles. The predicted molar refractivity (Wildman–Crippen MR) is 79.3 cm³/mol. The average molecular weight is 289 g/mol. The Kier molecular flexibility index (Phi) is 6.46. The SMILES string of the molecule is C=C(C)CN(CC)S(=O)(=O)N1CCCCC1CNC. The van der Waals surface area contributed by atoms with Crippen LogP contribution >= 0.6 is 0 Å². The monoisotopic (exact) mass is 289 g/mol. The molecule has 5 nitrogen and oxygen atoms in total. The molecule has 1 heterocycles. The van der Waals surface area contributed by atoms with Gasteiger partial charge in [-0.2, -0.15) is 17.0 Å². The highest BCUT2D eigenvalue weighted by Gasteiger charge is 2.35. The van der Waals surface area contributed by atoms with Gasteiger partial charge in [-0.3, -0.25) is 0 Å². The van der Waals surface area contributed by atoms with E-state index in [4.69, 9.17) is 0 Å². The maximum absolute atomic E-state index is 12.7. The van der Waals surface area contributed by atoms with Gasteiger partial charge in [-0.25, -0.2) is 0 Å². The molecule has 0 amide bonds. The van der Waals surface area contributed by atoms with Gasteiger partial charge in [0, 0.05) is 32.2 Å². The Morgan fingerprint density at radius 1 is 1.47 bits per heavy atom. The molecule has 0 aromatic carbocycles. The van der Waals surface area contributed by atoms with Crippen LogP contribution < -0.4 is 5.32 Å². The minimum absolute atomic E-state index is 0.0721. The maximum atomic E-state index is 12.7. The number of nitrogens with one attached hydrogen (secondary N) is 1. The van der Waals surface area contributed by atoms with Crippen molar-refractivity contribution in [2.24, 2.45) is 0 Å². The fourth-order valence-electron chi connectivity index (χ4n) is 2.52. The molecular weight excluding hydrogens is 262 g/mol. The standard InChI is InChI=1S/C13H27N3O2S/c1-5-15(11-12(2)3)19(17,18)16-9-7-6-8-13(16)10-14-4/h13-14H,2,5-11H2,1,3-4H3. The van der Waals surface area contributed by atoms with Gasteiger partial charge < -0.3 is 5.32 Å². The molecular formula is C13H27N3O2S. The summed E-state index contributed by atoms with van der Waals surface area (Å²) in [6.07, 6.45) is 2.99. The van der Waals surface area contributed by atoms with E-state index in [2.05, 4.69) is 11.9 Å². The van der Waals surface area contributed by atoms with Crippen LogP contribution in [0.1, 0.15) is 33.1 Å². The molecule has 0 aromatic heterocycles. The minimum atomic E-state index is -3.37. The topological polar surface area (TPSA) is 52.7 Å². The molecule has 1 saturated heterocycles. The third-order valence-electron chi connectivity index (χ3n) is 3.43. The van der Waals surface area contributed by atoms with Crippen LogP contribution in [0.15, 0.2) is 12.2 Å². The van der Waals surface area contributed by atoms with Gasteiger partial charge in [-0.1, -0.05) is 25.5 Å². The first-order valence-corrected chi connectivity index (χ1v) is 8.39. The Bertz CT molecular complexity index is 393. The van der Waals surface area contributed by atoms with Crippen molar-refractivity contribution in [3.63, 3.8) is 0 Å². The number of nitrogens with zero attached hydrogens (tertiary/aromatic N) is 2. The second-order valence-corrected chi connectivity index (χ2v) is 7.09. The van der Waals surface area contributed by atoms with Gasteiger partial charge in [0.2, 0.25) is 0 Å². The van der Waals surface area contributed by atoms with Crippen molar-refractivity contribution in [2.45, 2.75) is 39.2 Å². The van der Waals surface area contributed by atoms with E-state index in [0.717, 1.165) is 24.8 Å². The largest absolute Gasteiger partial charge is 0.318 e. The molecule has 0 aromatic rings. The van der Waals surface area contributed by atoms with Crippen LogP contribution in [0, 0.1) is 0 Å². The van der Waals surface area contributed by atoms with Crippen LogP contribution in [0.4, 0.5) is 0 Å². The van der Waals surface area contributed by atoms with Gasteiger partial charge in [-0.05, 0) is 26.8 Å². The summed E-state index contributed by atoms with van der Waals surface area (Å²) >= 11 is 0. The molecule has 6 heteroatoms. The molecule has 0 bridgehead atoms. The van der Waals surface area contributed by atoms with Gasteiger partial charge >= 0.3 is 0 Å². The Balaban J connectivity index is 2.90. The lowest BCUT2D eigenvalue weighted by atomic mass is 10.1. The van der Waals surface area contributed by atoms with E-state index < -0.39 is 10.2 Å². The van der Waals surface area contributed by atoms with E-state index in [0.29, 0.717) is 26.2 Å². The third kappa shape index (κ3) is 4.27. The second kappa shape index (κ2) is 7.38. The van der Waals surface area contributed by atoms with E-state index in [1.807, 2.05) is 20.9 Å². The fraction of sp³-hybridized carbons (Fsp3) is 0.846. The Labute approximate surface area is 117 Å². The molecule has 19 heavy (non-hydrogen) atoms. The Morgan fingerprint density at radius 3 is 2.68 bits per heavy atom. The van der Waals surface area contributed by atoms with E-state index in [-0.39, 0.29) is 6.04 Å². The van der Waals surface area contributed by atoms with Gasteiger partial charge in [0.05, 0.1) is 0 Å². The van der Waals surface area contributed by atoms with E-state index >= 15 is 0 Å². The van der Waals surface area contributed by atoms with Crippen LogP contribution in [0.5, 0.6) is 0 Å². The zero-order valence-corrected chi connectivity index (χ0v) is 13.2. The van der Waals surface area contributed by atoms with E-state index in [1.165, 1.54) is 4.31 Å². The summed E-state index contributed by atoms with van der Waals surface area (Å²) < 4.78 is 28.6. The number of hydrogen-bond acceptors (Lipinski definition) is 3. The molecule has 1 N–H and O–H groups in total. The zero-order valence-electron chi connectivity index (χ0n) is 12.4. The smallest absolute Gasteiger partial charge is 0.282 e. The lowest BCUT2D eigenvalue weighted by Crippen LogP contribution is -2.53. The fourth-order valence-corrected chi connectivity index (χ4v) is 4.45. The van der Waals surface area contributed by atoms with Gasteiger partial charge in [0.1, 0.15) is 0 Å². The molecule has 0 spiro atoms. The van der Waals surface area contributed by atoms with Crippen molar-refractivity contribution in [3.8, 4) is 0 Å². The number of hydrogen-bond donors (Lipinski definition) is 1. The number of piperidine rings is 1. The molecule has 1 rings (SSSR count). The minimum Gasteiger partial charge on any atom is -0.318 e. The summed E-state index contributed by atoms with van der Waals surface area (Å²) in [7, 11) is -1.51. The summed E-state index contributed by atoms with van der Waals surface area (Å²) in [6, 6.07) is 0.0721. The van der Waals surface area contributed by atoms with Crippen molar-refractivity contribution >= 4 is 10.2 Å². The summed E-state index contributed by atoms with van der Waals surface area (Å²) in [4.78, 5) is 0. The summed E-state index contributed by atoms with van der Waals surface area (Å²) in [6.45, 7) is 9.78. The molecule has 1 atom stereocenters. The molecule has 0 radical (unpaired) electrons. The summed E-state index contributed by atoms with van der Waals surface area (Å²) in [5.74, 6) is 0. The molecule has 112 valence electrons. The van der Waals surface area contributed by atoms with Crippen LogP contribution in [-0.2, 0) is 10.2 Å². The van der Waals surface area contributed by atoms with E-state index in [1.54, 1.807) is 4.31 Å². The van der Waals surface area contributed by atoms with Crippen molar-refractivity contribution < 1.29 is 8.42 Å². The molecule has 1 aliphatic rings. The van der Waals surface area contributed by atoms with Crippen LogP contribution in [0.3, 0.4) is 0 Å². The first-order valence-electron chi connectivity index (χ1n) is 6.99. The van der Waals surface area contributed by atoms with Crippen molar-refractivity contribution in [2.75, 3.05) is 33.2 Å². The van der Waals surface area contributed by atoms with Crippen molar-refractivity contribution in [1.82, 2.24) is 13.9 Å². The lowest BCUT2D eigenvalue weighted by Gasteiger charge is -2.37. The zero-order chi connectivity index (χ0) is 14.5. The predicted octanol–water partition coefficient (Wildman–Crippen LogP) is 1.20. The second-order valence-electron chi connectivity index (χ2n) is 5.21. The normalized spacial score (nSPS) is 21.8. The highest BCUT2D eigenvalue weighted by molar-refractivity contribution is 7.86. The average Bonchev–Trinajstić information content (AvgIpc) is 2.36. The highest BCUT2D eigenvalue weighted by atomic mass is 32.2. The first kappa shape index (κ1) is 16.6. The molecule has 1 fully saturated rings. The third-order valence-corrected chi connectivity index (χ3v) is 5.55.